The van der Waals surface area contributed by atoms with E-state index < -0.39 is 0 Å². The van der Waals surface area contributed by atoms with Gasteiger partial charge in [-0.3, -0.25) is 9.13 Å². The van der Waals surface area contributed by atoms with Crippen LogP contribution in [0.1, 0.15) is 0 Å². The lowest BCUT2D eigenvalue weighted by Crippen LogP contribution is -2.10. The van der Waals surface area contributed by atoms with Gasteiger partial charge in [0.15, 0.2) is 5.82 Å². The lowest BCUT2D eigenvalue weighted by molar-refractivity contribution is 0.668. The van der Waals surface area contributed by atoms with Gasteiger partial charge in [-0.05, 0) is 141 Å². The number of para-hydroxylation sites is 4. The second-order valence-corrected chi connectivity index (χ2v) is 21.1. The zero-order chi connectivity index (χ0) is 53.8. The van der Waals surface area contributed by atoms with Crippen molar-refractivity contribution in [3.8, 4) is 78.9 Å². The Morgan fingerprint density at radius 3 is 1.15 bits per heavy atom. The summed E-state index contributed by atoms with van der Waals surface area (Å²) in [5.41, 5.74) is 19.6. The van der Waals surface area contributed by atoms with Crippen molar-refractivity contribution in [3.05, 3.63) is 273 Å². The summed E-state index contributed by atoms with van der Waals surface area (Å²) >= 11 is 0. The highest BCUT2D eigenvalue weighted by molar-refractivity contribution is 6.13. The lowest BCUT2D eigenvalue weighted by Gasteiger charge is -2.15. The summed E-state index contributed by atoms with van der Waals surface area (Å²) in [6, 6.07) is 96.6. The van der Waals surface area contributed by atoms with Gasteiger partial charge in [0, 0.05) is 48.7 Å². The molecule has 382 valence electrons. The van der Waals surface area contributed by atoms with Gasteiger partial charge in [-0.1, -0.05) is 188 Å². The van der Waals surface area contributed by atoms with Gasteiger partial charge in [-0.25, -0.2) is 0 Å². The van der Waals surface area contributed by atoms with E-state index in [4.69, 9.17) is 23.8 Å². The molecule has 0 bridgehead atoms. The van der Waals surface area contributed by atoms with Crippen molar-refractivity contribution < 1.29 is 8.83 Å². The van der Waals surface area contributed by atoms with Crippen LogP contribution < -0.4 is 0 Å². The number of rotatable bonds is 8. The Kier molecular flexibility index (Phi) is 10.2. The first-order valence-electron chi connectivity index (χ1n) is 27.6. The van der Waals surface area contributed by atoms with Gasteiger partial charge in [0.25, 0.3) is 0 Å². The fourth-order valence-electron chi connectivity index (χ4n) is 12.5. The molecule has 7 nitrogen and oxygen atoms in total. The zero-order valence-electron chi connectivity index (χ0n) is 44.0. The number of nitrogens with zero attached hydrogens (tertiary/aromatic N) is 5. The van der Waals surface area contributed by atoms with Crippen molar-refractivity contribution in [3.63, 3.8) is 0 Å². The quantitative estimate of drug-likeness (QED) is 0.152. The molecule has 0 amide bonds. The third-order valence-corrected chi connectivity index (χ3v) is 16.4. The minimum Gasteiger partial charge on any atom is -0.456 e. The van der Waals surface area contributed by atoms with Gasteiger partial charge in [-0.15, -0.1) is 0 Å². The number of benzene rings is 12. The Hall–Kier alpha value is -11.2. The summed E-state index contributed by atoms with van der Waals surface area (Å²) in [5, 5.41) is 8.77. The summed E-state index contributed by atoms with van der Waals surface area (Å²) < 4.78 is 16.9. The first kappa shape index (κ1) is 45.8. The molecule has 5 aromatic heterocycles. The third kappa shape index (κ3) is 7.34. The third-order valence-electron chi connectivity index (χ3n) is 16.4. The number of aromatic nitrogens is 5. The fourth-order valence-corrected chi connectivity index (χ4v) is 12.5. The van der Waals surface area contributed by atoms with Crippen LogP contribution in [0.4, 0.5) is 0 Å². The molecule has 0 aliphatic heterocycles. The molecule has 0 saturated carbocycles. The normalized spacial score (nSPS) is 11.9. The first-order chi connectivity index (χ1) is 40.6. The zero-order valence-corrected chi connectivity index (χ0v) is 44.0. The van der Waals surface area contributed by atoms with Crippen LogP contribution in [0.25, 0.3) is 166 Å². The molecule has 17 aromatic rings. The molecule has 17 rings (SSSR count). The molecule has 12 aromatic carbocycles. The van der Waals surface area contributed by atoms with E-state index in [1.807, 2.05) is 24.3 Å². The molecule has 0 unspecified atom stereocenters. The molecule has 0 aliphatic carbocycles. The topological polar surface area (TPSA) is 74.8 Å². The van der Waals surface area contributed by atoms with Crippen molar-refractivity contribution in [1.82, 2.24) is 24.1 Å². The Labute approximate surface area is 469 Å². The maximum Gasteiger partial charge on any atom is 0.240 e. The second kappa shape index (κ2) is 18.2. The minimum atomic E-state index is 0.511. The van der Waals surface area contributed by atoms with Crippen LogP contribution >= 0.6 is 0 Å². The van der Waals surface area contributed by atoms with Crippen LogP contribution in [-0.4, -0.2) is 24.1 Å². The van der Waals surface area contributed by atoms with E-state index >= 15 is 0 Å². The Morgan fingerprint density at radius 2 is 0.598 bits per heavy atom. The van der Waals surface area contributed by atoms with Gasteiger partial charge in [0.05, 0.1) is 22.1 Å². The van der Waals surface area contributed by atoms with Crippen molar-refractivity contribution >= 4 is 87.5 Å². The van der Waals surface area contributed by atoms with E-state index in [1.54, 1.807) is 0 Å². The molecule has 0 atom stereocenters. The van der Waals surface area contributed by atoms with E-state index in [0.29, 0.717) is 17.7 Å². The molecule has 0 radical (unpaired) electrons. The van der Waals surface area contributed by atoms with E-state index in [0.717, 1.165) is 138 Å². The van der Waals surface area contributed by atoms with Gasteiger partial charge in [0.2, 0.25) is 11.9 Å². The first-order valence-corrected chi connectivity index (χ1v) is 27.6. The molecule has 5 heterocycles. The number of fused-ring (bicyclic) bond motifs is 12. The van der Waals surface area contributed by atoms with E-state index in [2.05, 4.69) is 258 Å². The van der Waals surface area contributed by atoms with Crippen molar-refractivity contribution in [2.75, 3.05) is 0 Å². The van der Waals surface area contributed by atoms with Crippen LogP contribution in [-0.2, 0) is 0 Å². The van der Waals surface area contributed by atoms with Crippen molar-refractivity contribution in [1.29, 1.82) is 0 Å². The summed E-state index contributed by atoms with van der Waals surface area (Å²) in [4.78, 5) is 16.6. The molecule has 0 N–H and O–H groups in total. The SMILES string of the molecule is c1ccc(-c2ccc(-c3cccc(-c4nc(-n5c6ccccc6c6cc(-c7ccc8oc9ccccc9c8c7)ccc65)nc(-n5c6ccccc6c6cc(-c7ccc8oc9ccccc9c8c7)ccc65)n4)c3)cc2-c2ccccc2)cc1. The van der Waals surface area contributed by atoms with E-state index in [-0.39, 0.29) is 0 Å². The molecule has 0 spiro atoms. The van der Waals surface area contributed by atoms with Crippen molar-refractivity contribution in [2.24, 2.45) is 0 Å². The summed E-state index contributed by atoms with van der Waals surface area (Å²) in [5.74, 6) is 1.58. The average molecular weight is 1050 g/mol. The van der Waals surface area contributed by atoms with Crippen molar-refractivity contribution in [2.45, 2.75) is 0 Å². The minimum absolute atomic E-state index is 0.511. The van der Waals surface area contributed by atoms with Gasteiger partial charge in [-0.2, -0.15) is 15.0 Å². The number of hydrogen-bond acceptors (Lipinski definition) is 5. The molecular weight excluding hydrogens is 1000 g/mol. The maximum atomic E-state index is 6.24. The molecule has 0 saturated heterocycles. The number of furan rings is 2. The van der Waals surface area contributed by atoms with Crippen LogP contribution in [0.3, 0.4) is 0 Å². The molecular formula is C75H45N5O2. The average Bonchev–Trinajstić information content (AvgIpc) is 3.96. The predicted molar refractivity (Wildman–Crippen MR) is 336 cm³/mol. The highest BCUT2D eigenvalue weighted by Crippen LogP contribution is 2.42. The summed E-state index contributed by atoms with van der Waals surface area (Å²) in [6.45, 7) is 0. The van der Waals surface area contributed by atoms with Gasteiger partial charge < -0.3 is 8.83 Å². The highest BCUT2D eigenvalue weighted by Gasteiger charge is 2.23. The molecule has 82 heavy (non-hydrogen) atoms. The van der Waals surface area contributed by atoms with Crippen LogP contribution in [0.2, 0.25) is 0 Å². The monoisotopic (exact) mass is 1050 g/mol. The number of hydrogen-bond donors (Lipinski definition) is 0. The highest BCUT2D eigenvalue weighted by atomic mass is 16.3. The van der Waals surface area contributed by atoms with E-state index in [9.17, 15) is 0 Å². The Morgan fingerprint density at radius 1 is 0.220 bits per heavy atom. The Bertz CT molecular complexity index is 5170. The molecule has 0 aliphatic rings. The van der Waals surface area contributed by atoms with Gasteiger partial charge in [0.1, 0.15) is 22.3 Å². The molecule has 0 fully saturated rings. The smallest absolute Gasteiger partial charge is 0.240 e. The Balaban J connectivity index is 0.864. The van der Waals surface area contributed by atoms with Crippen LogP contribution in [0.5, 0.6) is 0 Å². The lowest BCUT2D eigenvalue weighted by atomic mass is 9.91. The van der Waals surface area contributed by atoms with Crippen LogP contribution in [0, 0.1) is 0 Å². The summed E-state index contributed by atoms with van der Waals surface area (Å²) in [6.07, 6.45) is 0. The maximum absolute atomic E-state index is 6.24. The second-order valence-electron chi connectivity index (χ2n) is 21.1. The van der Waals surface area contributed by atoms with Gasteiger partial charge >= 0.3 is 0 Å². The largest absolute Gasteiger partial charge is 0.456 e. The molecule has 7 heteroatoms. The predicted octanol–water partition coefficient (Wildman–Crippen LogP) is 19.9. The van der Waals surface area contributed by atoms with E-state index in [1.165, 1.54) is 11.1 Å². The fraction of sp³-hybridized carbons (Fsp3) is 0. The summed E-state index contributed by atoms with van der Waals surface area (Å²) in [7, 11) is 0. The standard InChI is InChI=1S/C75H45N5O2/c1-3-16-46(17-4-1)55-35-30-49(41-60(55)47-18-5-2-6-19-47)48-20-15-21-54(40-48)73-76-74(79-65-26-11-7-22-56(65)61-42-50(31-36-67(61)79)52-33-38-71-63(44-52)58-24-9-13-28-69(58)81-71)78-75(77-73)80-66-27-12-8-23-57(66)62-43-51(32-37-68(62)80)53-34-39-72-64(45-53)59-25-10-14-29-70(59)82-72/h1-45H. The van der Waals surface area contributed by atoms with Crippen LogP contribution in [0.15, 0.2) is 282 Å².